The Labute approximate surface area is 120 Å². The second-order valence-corrected chi connectivity index (χ2v) is 5.45. The molecule has 18 heavy (non-hydrogen) atoms. The van der Waals surface area contributed by atoms with Crippen molar-refractivity contribution in [2.24, 2.45) is 0 Å². The number of carbonyl (C=O) groups excluding carboxylic acids is 1. The highest BCUT2D eigenvalue weighted by molar-refractivity contribution is 9.10. The van der Waals surface area contributed by atoms with Gasteiger partial charge in [-0.1, -0.05) is 27.5 Å². The van der Waals surface area contributed by atoms with Crippen LogP contribution in [-0.2, 0) is 0 Å². The van der Waals surface area contributed by atoms with Gasteiger partial charge in [0, 0.05) is 17.1 Å². The van der Waals surface area contributed by atoms with Crippen LogP contribution in [0.15, 0.2) is 22.7 Å². The summed E-state index contributed by atoms with van der Waals surface area (Å²) in [7, 11) is 0. The molecule has 1 amide bonds. The predicted octanol–water partition coefficient (Wildman–Crippen LogP) is 3.87. The van der Waals surface area contributed by atoms with E-state index in [1.54, 1.807) is 23.1 Å². The molecule has 0 N–H and O–H groups in total. The van der Waals surface area contributed by atoms with Gasteiger partial charge in [0.05, 0.1) is 23.1 Å². The summed E-state index contributed by atoms with van der Waals surface area (Å²) in [5, 5.41) is 9.03. The van der Waals surface area contributed by atoms with Gasteiger partial charge in [-0.3, -0.25) is 4.79 Å². The number of nitriles is 1. The SMILES string of the molecule is CC(C)N(CCC#N)C(=O)c1ccc(Br)cc1Cl. The molecule has 0 unspecified atom stereocenters. The molecule has 0 radical (unpaired) electrons. The lowest BCUT2D eigenvalue weighted by molar-refractivity contribution is 0.0710. The van der Waals surface area contributed by atoms with E-state index in [9.17, 15) is 4.79 Å². The van der Waals surface area contributed by atoms with Crippen molar-refractivity contribution in [3.63, 3.8) is 0 Å². The molecule has 0 saturated heterocycles. The standard InChI is InChI=1S/C13H14BrClN2O/c1-9(2)17(7-3-6-16)13(18)11-5-4-10(14)8-12(11)15/h4-5,8-9H,3,7H2,1-2H3. The molecule has 0 aliphatic heterocycles. The molecule has 0 spiro atoms. The summed E-state index contributed by atoms with van der Waals surface area (Å²) < 4.78 is 0.831. The van der Waals surface area contributed by atoms with Crippen molar-refractivity contribution >= 4 is 33.4 Å². The normalized spacial score (nSPS) is 10.2. The summed E-state index contributed by atoms with van der Waals surface area (Å²) >= 11 is 9.37. The molecule has 1 aromatic rings. The molecule has 0 bridgehead atoms. The van der Waals surface area contributed by atoms with Gasteiger partial charge in [0.2, 0.25) is 0 Å². The van der Waals surface area contributed by atoms with Crippen LogP contribution in [0.2, 0.25) is 5.02 Å². The molecule has 96 valence electrons. The van der Waals surface area contributed by atoms with Crippen molar-refractivity contribution in [3.8, 4) is 6.07 Å². The van der Waals surface area contributed by atoms with Crippen LogP contribution in [0.3, 0.4) is 0 Å². The number of halogens is 2. The number of nitrogens with zero attached hydrogens (tertiary/aromatic N) is 2. The summed E-state index contributed by atoms with van der Waals surface area (Å²) in [5.74, 6) is -0.141. The molecule has 0 atom stereocenters. The third-order valence-corrected chi connectivity index (χ3v) is 3.32. The maximum Gasteiger partial charge on any atom is 0.255 e. The van der Waals surface area contributed by atoms with Gasteiger partial charge in [-0.2, -0.15) is 5.26 Å². The van der Waals surface area contributed by atoms with E-state index in [0.717, 1.165) is 4.47 Å². The Hall–Kier alpha value is -1.05. The summed E-state index contributed by atoms with van der Waals surface area (Å²) in [5.41, 5.74) is 0.464. The second kappa shape index (κ2) is 6.77. The fourth-order valence-corrected chi connectivity index (χ4v) is 2.34. The Bertz CT molecular complexity index is 482. The molecule has 0 heterocycles. The van der Waals surface area contributed by atoms with Crippen LogP contribution in [0.1, 0.15) is 30.6 Å². The largest absolute Gasteiger partial charge is 0.335 e. The highest BCUT2D eigenvalue weighted by atomic mass is 79.9. The van der Waals surface area contributed by atoms with Crippen molar-refractivity contribution in [3.05, 3.63) is 33.3 Å². The Morgan fingerprint density at radius 3 is 2.72 bits per heavy atom. The van der Waals surface area contributed by atoms with Crippen LogP contribution in [0, 0.1) is 11.3 Å². The number of carbonyl (C=O) groups is 1. The first kappa shape index (κ1) is 15.0. The maximum atomic E-state index is 12.3. The lowest BCUT2D eigenvalue weighted by Crippen LogP contribution is -2.37. The first-order chi connectivity index (χ1) is 8.47. The van der Waals surface area contributed by atoms with E-state index in [4.69, 9.17) is 16.9 Å². The van der Waals surface area contributed by atoms with Crippen molar-refractivity contribution in [1.82, 2.24) is 4.90 Å². The Morgan fingerprint density at radius 1 is 1.56 bits per heavy atom. The summed E-state index contributed by atoms with van der Waals surface area (Å²) in [6, 6.07) is 7.24. The van der Waals surface area contributed by atoms with Gasteiger partial charge in [-0.05, 0) is 32.0 Å². The second-order valence-electron chi connectivity index (χ2n) is 4.12. The highest BCUT2D eigenvalue weighted by Crippen LogP contribution is 2.23. The van der Waals surface area contributed by atoms with E-state index >= 15 is 0 Å². The van der Waals surface area contributed by atoms with E-state index in [0.29, 0.717) is 23.6 Å². The smallest absolute Gasteiger partial charge is 0.255 e. The van der Waals surface area contributed by atoms with Crippen LogP contribution >= 0.6 is 27.5 Å². The van der Waals surface area contributed by atoms with E-state index in [2.05, 4.69) is 15.9 Å². The molecule has 3 nitrogen and oxygen atoms in total. The van der Waals surface area contributed by atoms with Crippen LogP contribution < -0.4 is 0 Å². The van der Waals surface area contributed by atoms with Crippen LogP contribution in [-0.4, -0.2) is 23.4 Å². The first-order valence-corrected chi connectivity index (χ1v) is 6.77. The average molecular weight is 330 g/mol. The minimum absolute atomic E-state index is 0.0329. The number of benzene rings is 1. The summed E-state index contributed by atoms with van der Waals surface area (Å²) in [6.07, 6.45) is 0.318. The van der Waals surface area contributed by atoms with Gasteiger partial charge >= 0.3 is 0 Å². The molecular weight excluding hydrogens is 316 g/mol. The third-order valence-electron chi connectivity index (χ3n) is 2.51. The van der Waals surface area contributed by atoms with Crippen LogP contribution in [0.25, 0.3) is 0 Å². The van der Waals surface area contributed by atoms with Crippen molar-refractivity contribution in [2.45, 2.75) is 26.3 Å². The number of amides is 1. The number of hydrogen-bond acceptors (Lipinski definition) is 2. The topological polar surface area (TPSA) is 44.1 Å². The van der Waals surface area contributed by atoms with Crippen molar-refractivity contribution in [1.29, 1.82) is 5.26 Å². The Balaban J connectivity index is 2.99. The fourth-order valence-electron chi connectivity index (χ4n) is 1.58. The average Bonchev–Trinajstić information content (AvgIpc) is 2.28. The Morgan fingerprint density at radius 2 is 2.22 bits per heavy atom. The monoisotopic (exact) mass is 328 g/mol. The lowest BCUT2D eigenvalue weighted by Gasteiger charge is -2.26. The van der Waals surface area contributed by atoms with Crippen molar-refractivity contribution in [2.75, 3.05) is 6.54 Å². The van der Waals surface area contributed by atoms with E-state index in [1.807, 2.05) is 19.9 Å². The molecule has 0 aromatic heterocycles. The zero-order valence-corrected chi connectivity index (χ0v) is 12.6. The van der Waals surface area contributed by atoms with Gasteiger partial charge in [-0.15, -0.1) is 0 Å². The van der Waals surface area contributed by atoms with Crippen molar-refractivity contribution < 1.29 is 4.79 Å². The Kier molecular flexibility index (Phi) is 5.64. The fraction of sp³-hybridized carbons (Fsp3) is 0.385. The van der Waals surface area contributed by atoms with Gasteiger partial charge in [0.25, 0.3) is 5.91 Å². The highest BCUT2D eigenvalue weighted by Gasteiger charge is 2.20. The zero-order valence-electron chi connectivity index (χ0n) is 10.3. The molecule has 1 aromatic carbocycles. The quantitative estimate of drug-likeness (QED) is 0.841. The van der Waals surface area contributed by atoms with E-state index in [-0.39, 0.29) is 11.9 Å². The number of hydrogen-bond donors (Lipinski definition) is 0. The zero-order chi connectivity index (χ0) is 13.7. The van der Waals surface area contributed by atoms with E-state index in [1.165, 1.54) is 0 Å². The van der Waals surface area contributed by atoms with Gasteiger partial charge in [0.1, 0.15) is 0 Å². The molecule has 5 heteroatoms. The van der Waals surface area contributed by atoms with Crippen LogP contribution in [0.5, 0.6) is 0 Å². The third kappa shape index (κ3) is 3.72. The molecule has 0 aliphatic rings. The summed E-state index contributed by atoms with van der Waals surface area (Å²) in [4.78, 5) is 14.0. The minimum Gasteiger partial charge on any atom is -0.335 e. The number of rotatable bonds is 4. The molecular formula is C13H14BrClN2O. The lowest BCUT2D eigenvalue weighted by atomic mass is 10.1. The minimum atomic E-state index is -0.141. The molecule has 0 aliphatic carbocycles. The summed E-state index contributed by atoms with van der Waals surface area (Å²) in [6.45, 7) is 4.25. The maximum absolute atomic E-state index is 12.3. The van der Waals surface area contributed by atoms with Gasteiger partial charge in [-0.25, -0.2) is 0 Å². The van der Waals surface area contributed by atoms with Crippen LogP contribution in [0.4, 0.5) is 0 Å². The van der Waals surface area contributed by atoms with E-state index < -0.39 is 0 Å². The molecule has 1 rings (SSSR count). The molecule has 0 fully saturated rings. The van der Waals surface area contributed by atoms with Gasteiger partial charge < -0.3 is 4.90 Å². The van der Waals surface area contributed by atoms with Gasteiger partial charge in [0.15, 0.2) is 0 Å². The molecule has 0 saturated carbocycles. The first-order valence-electron chi connectivity index (χ1n) is 5.60. The predicted molar refractivity (Wildman–Crippen MR) is 75.6 cm³/mol.